The summed E-state index contributed by atoms with van der Waals surface area (Å²) in [5.74, 6) is 0.170. The number of hydrogen-bond donors (Lipinski definition) is 2. The van der Waals surface area contributed by atoms with Gasteiger partial charge in [-0.3, -0.25) is 4.79 Å². The molecule has 4 nitrogen and oxygen atoms in total. The summed E-state index contributed by atoms with van der Waals surface area (Å²) in [6.07, 6.45) is 2.97. The van der Waals surface area contributed by atoms with E-state index in [-0.39, 0.29) is 22.6 Å². The van der Waals surface area contributed by atoms with E-state index in [2.05, 4.69) is 31.3 Å². The van der Waals surface area contributed by atoms with Gasteiger partial charge in [-0.05, 0) is 53.5 Å². The zero-order valence-corrected chi connectivity index (χ0v) is 14.5. The first-order valence-electron chi connectivity index (χ1n) is 8.42. The summed E-state index contributed by atoms with van der Waals surface area (Å²) in [6, 6.07) is 11.0. The normalized spacial score (nSPS) is 21.8. The summed E-state index contributed by atoms with van der Waals surface area (Å²) in [6.45, 7) is 6.68. The van der Waals surface area contributed by atoms with Crippen molar-refractivity contribution in [2.45, 2.75) is 40.0 Å². The number of phenolic OH excluding ortho intramolecular Hbond substituents is 1. The van der Waals surface area contributed by atoms with Crippen molar-refractivity contribution in [2.75, 3.05) is 0 Å². The van der Waals surface area contributed by atoms with Gasteiger partial charge in [0, 0.05) is 5.71 Å². The summed E-state index contributed by atoms with van der Waals surface area (Å²) in [5, 5.41) is 16.3. The van der Waals surface area contributed by atoms with E-state index in [1.54, 1.807) is 12.1 Å². The summed E-state index contributed by atoms with van der Waals surface area (Å²) < 4.78 is 0. The second kappa shape index (κ2) is 6.27. The van der Waals surface area contributed by atoms with Gasteiger partial charge < -0.3 is 5.11 Å². The van der Waals surface area contributed by atoms with Crippen molar-refractivity contribution in [3.63, 3.8) is 0 Å². The van der Waals surface area contributed by atoms with Crippen LogP contribution in [0.1, 0.15) is 50.4 Å². The molecule has 0 aromatic heterocycles. The average Bonchev–Trinajstić information content (AvgIpc) is 2.50. The fourth-order valence-electron chi connectivity index (χ4n) is 3.80. The molecule has 1 saturated carbocycles. The first-order chi connectivity index (χ1) is 11.3. The van der Waals surface area contributed by atoms with E-state index in [9.17, 15) is 9.90 Å². The van der Waals surface area contributed by atoms with Crippen molar-refractivity contribution < 1.29 is 9.90 Å². The quantitative estimate of drug-likeness (QED) is 0.800. The van der Waals surface area contributed by atoms with Gasteiger partial charge >= 0.3 is 0 Å². The molecule has 0 bridgehead atoms. The predicted molar refractivity (Wildman–Crippen MR) is 97.3 cm³/mol. The molecule has 0 unspecified atom stereocenters. The molecule has 0 radical (unpaired) electrons. The number of fused-ring (bicyclic) bond motifs is 1. The topological polar surface area (TPSA) is 61.7 Å². The smallest absolute Gasteiger partial charge is 0.275 e. The van der Waals surface area contributed by atoms with E-state index in [1.165, 1.54) is 6.42 Å². The molecule has 24 heavy (non-hydrogen) atoms. The molecule has 0 aliphatic heterocycles. The van der Waals surface area contributed by atoms with Gasteiger partial charge in [0.05, 0.1) is 5.56 Å². The van der Waals surface area contributed by atoms with E-state index in [4.69, 9.17) is 0 Å². The Morgan fingerprint density at radius 3 is 2.58 bits per heavy atom. The lowest BCUT2D eigenvalue weighted by Crippen LogP contribution is -2.30. The maximum atomic E-state index is 12.4. The highest BCUT2D eigenvalue weighted by Crippen LogP contribution is 2.36. The third-order valence-electron chi connectivity index (χ3n) is 4.59. The van der Waals surface area contributed by atoms with Gasteiger partial charge in [-0.25, -0.2) is 5.43 Å². The Labute approximate surface area is 142 Å². The van der Waals surface area contributed by atoms with Crippen LogP contribution in [0.15, 0.2) is 41.5 Å². The van der Waals surface area contributed by atoms with E-state index in [0.29, 0.717) is 5.92 Å². The first-order valence-corrected chi connectivity index (χ1v) is 8.42. The Bertz CT molecular complexity index is 808. The van der Waals surface area contributed by atoms with Crippen molar-refractivity contribution in [2.24, 2.45) is 16.4 Å². The van der Waals surface area contributed by atoms with Crippen LogP contribution in [-0.2, 0) is 0 Å². The lowest BCUT2D eigenvalue weighted by molar-refractivity contribution is 0.0951. The molecule has 1 aliphatic rings. The Balaban J connectivity index is 1.80. The fraction of sp³-hybridized carbons (Fsp3) is 0.400. The molecule has 2 aromatic rings. The molecule has 3 rings (SSSR count). The molecule has 1 atom stereocenters. The van der Waals surface area contributed by atoms with Gasteiger partial charge in [-0.2, -0.15) is 5.10 Å². The number of carbonyl (C=O) groups is 1. The highest BCUT2D eigenvalue weighted by Gasteiger charge is 2.29. The molecule has 1 amide bonds. The van der Waals surface area contributed by atoms with Gasteiger partial charge in [0.25, 0.3) is 5.91 Å². The fourth-order valence-corrected chi connectivity index (χ4v) is 3.80. The Morgan fingerprint density at radius 1 is 1.25 bits per heavy atom. The predicted octanol–water partition coefficient (Wildman–Crippen LogP) is 4.48. The van der Waals surface area contributed by atoms with Crippen molar-refractivity contribution in [3.8, 4) is 5.75 Å². The monoisotopic (exact) mass is 324 g/mol. The van der Waals surface area contributed by atoms with Crippen LogP contribution in [0.25, 0.3) is 10.8 Å². The van der Waals surface area contributed by atoms with Gasteiger partial charge in [-0.15, -0.1) is 0 Å². The van der Waals surface area contributed by atoms with Crippen molar-refractivity contribution in [1.29, 1.82) is 0 Å². The maximum Gasteiger partial charge on any atom is 0.275 e. The second-order valence-electron chi connectivity index (χ2n) is 7.69. The SMILES string of the molecule is C[C@H]1CC(=NNC(=O)c2cc3ccccc3cc2O)CC(C)(C)C1. The van der Waals surface area contributed by atoms with Crippen molar-refractivity contribution in [1.82, 2.24) is 5.43 Å². The maximum absolute atomic E-state index is 12.4. The van der Waals surface area contributed by atoms with E-state index < -0.39 is 0 Å². The molecule has 2 N–H and O–H groups in total. The lowest BCUT2D eigenvalue weighted by atomic mass is 9.72. The number of hydrazone groups is 1. The van der Waals surface area contributed by atoms with Crippen LogP contribution in [0.5, 0.6) is 5.75 Å². The van der Waals surface area contributed by atoms with Crippen LogP contribution in [0.4, 0.5) is 0 Å². The summed E-state index contributed by atoms with van der Waals surface area (Å²) >= 11 is 0. The summed E-state index contributed by atoms with van der Waals surface area (Å²) in [7, 11) is 0. The zero-order valence-electron chi connectivity index (χ0n) is 14.5. The summed E-state index contributed by atoms with van der Waals surface area (Å²) in [5.41, 5.74) is 4.11. The van der Waals surface area contributed by atoms with E-state index in [0.717, 1.165) is 29.3 Å². The second-order valence-corrected chi connectivity index (χ2v) is 7.69. The Hall–Kier alpha value is -2.36. The lowest BCUT2D eigenvalue weighted by Gasteiger charge is -2.34. The average molecular weight is 324 g/mol. The standard InChI is InChI=1S/C20H24N2O2/c1-13-8-16(12-20(2,3)11-13)21-22-19(24)17-9-14-6-4-5-7-15(14)10-18(17)23/h4-7,9-10,13,23H,8,11-12H2,1-3H3,(H,22,24)/t13-/m0/s1. The molecule has 0 heterocycles. The van der Waals surface area contributed by atoms with Crippen molar-refractivity contribution in [3.05, 3.63) is 42.0 Å². The minimum atomic E-state index is -0.373. The third kappa shape index (κ3) is 3.58. The van der Waals surface area contributed by atoms with Crippen LogP contribution in [-0.4, -0.2) is 16.7 Å². The molecule has 4 heteroatoms. The number of hydrogen-bond acceptors (Lipinski definition) is 3. The highest BCUT2D eigenvalue weighted by molar-refractivity contribution is 6.02. The Kier molecular flexibility index (Phi) is 4.31. The third-order valence-corrected chi connectivity index (χ3v) is 4.59. The summed E-state index contributed by atoms with van der Waals surface area (Å²) in [4.78, 5) is 12.4. The molecule has 0 saturated heterocycles. The number of carbonyl (C=O) groups excluding carboxylic acids is 1. The molecule has 1 fully saturated rings. The number of nitrogens with one attached hydrogen (secondary N) is 1. The van der Waals surface area contributed by atoms with Crippen LogP contribution in [0.2, 0.25) is 0 Å². The van der Waals surface area contributed by atoms with Crippen LogP contribution >= 0.6 is 0 Å². The molecular formula is C20H24N2O2. The number of amides is 1. The van der Waals surface area contributed by atoms with Crippen molar-refractivity contribution >= 4 is 22.4 Å². The van der Waals surface area contributed by atoms with Gasteiger partial charge in [0.15, 0.2) is 0 Å². The van der Waals surface area contributed by atoms with Crippen LogP contribution < -0.4 is 5.43 Å². The largest absolute Gasteiger partial charge is 0.507 e. The number of rotatable bonds is 2. The van der Waals surface area contributed by atoms with E-state index >= 15 is 0 Å². The minimum absolute atomic E-state index is 0.0243. The molecule has 2 aromatic carbocycles. The zero-order chi connectivity index (χ0) is 17.3. The van der Waals surface area contributed by atoms with Gasteiger partial charge in [-0.1, -0.05) is 45.0 Å². The Morgan fingerprint density at radius 2 is 1.92 bits per heavy atom. The molecule has 1 aliphatic carbocycles. The van der Waals surface area contributed by atoms with Crippen LogP contribution in [0.3, 0.4) is 0 Å². The number of aromatic hydroxyl groups is 1. The first kappa shape index (κ1) is 16.5. The number of nitrogens with zero attached hydrogens (tertiary/aromatic N) is 1. The minimum Gasteiger partial charge on any atom is -0.507 e. The van der Waals surface area contributed by atoms with Gasteiger partial charge in [0.1, 0.15) is 5.75 Å². The van der Waals surface area contributed by atoms with Crippen LogP contribution in [0, 0.1) is 11.3 Å². The molecular weight excluding hydrogens is 300 g/mol. The molecule has 126 valence electrons. The number of phenols is 1. The molecule has 0 spiro atoms. The highest BCUT2D eigenvalue weighted by atomic mass is 16.3. The number of benzene rings is 2. The van der Waals surface area contributed by atoms with E-state index in [1.807, 2.05) is 24.3 Å². The van der Waals surface area contributed by atoms with Gasteiger partial charge in [0.2, 0.25) is 0 Å².